The fourth-order valence-electron chi connectivity index (χ4n) is 4.88. The van der Waals surface area contributed by atoms with E-state index >= 15 is 0 Å². The van der Waals surface area contributed by atoms with E-state index in [1.807, 2.05) is 0 Å². The molecule has 20 heteroatoms. The number of imidazole rings is 2. The molecule has 7 atom stereocenters. The van der Waals surface area contributed by atoms with Crippen molar-refractivity contribution in [2.24, 2.45) is 23.3 Å². The summed E-state index contributed by atoms with van der Waals surface area (Å²) in [6.07, 6.45) is 5.61. The molecule has 0 radical (unpaired) electrons. The number of nitrogens with two attached hydrogens (primary N) is 2. The number of thiol groups is 1. The number of carbonyl (C=O) groups excluding carboxylic acids is 6. The number of nitrogens with zero attached hydrogens (tertiary/aromatic N) is 2. The van der Waals surface area contributed by atoms with E-state index < -0.39 is 90.0 Å². The third-order valence-corrected chi connectivity index (χ3v) is 8.26. The molecule has 0 unspecified atom stereocenters. The van der Waals surface area contributed by atoms with Gasteiger partial charge in [-0.05, 0) is 18.3 Å². The molecule has 2 aromatic heterocycles. The molecule has 0 aliphatic rings. The highest BCUT2D eigenvalue weighted by atomic mass is 32.1. The second-order valence-electron chi connectivity index (χ2n) is 12.6. The molecule has 6 amide bonds. The average Bonchev–Trinajstić information content (AvgIpc) is 3.78. The Kier molecular flexibility index (Phi) is 17.1. The molecule has 0 aromatic carbocycles. The van der Waals surface area contributed by atoms with Crippen LogP contribution in [0.2, 0.25) is 0 Å². The topological polar surface area (TPSA) is 309 Å². The lowest BCUT2D eigenvalue weighted by atomic mass is 9.97. The zero-order chi connectivity index (χ0) is 38.2. The molecule has 0 aliphatic carbocycles. The average molecular weight is 736 g/mol. The summed E-state index contributed by atoms with van der Waals surface area (Å²) in [6, 6.07) is -7.67. The summed E-state index contributed by atoms with van der Waals surface area (Å²) in [5.41, 5.74) is 12.2. The summed E-state index contributed by atoms with van der Waals surface area (Å²) in [5, 5.41) is 22.1. The van der Waals surface area contributed by atoms with Crippen LogP contribution in [-0.2, 0) is 46.4 Å². The van der Waals surface area contributed by atoms with Crippen molar-refractivity contribution in [3.63, 3.8) is 0 Å². The number of carboxylic acid groups (broad SMARTS) is 1. The zero-order valence-corrected chi connectivity index (χ0v) is 29.9. The van der Waals surface area contributed by atoms with Gasteiger partial charge in [0.05, 0.1) is 36.5 Å². The Balaban J connectivity index is 2.26. The number of nitrogens with one attached hydrogen (secondary N) is 7. The number of aromatic amines is 2. The van der Waals surface area contributed by atoms with E-state index in [1.54, 1.807) is 33.9 Å². The number of hydrogen-bond acceptors (Lipinski definition) is 11. The van der Waals surface area contributed by atoms with Crippen LogP contribution < -0.4 is 38.1 Å². The molecule has 12 N–H and O–H groups in total. The molecule has 0 saturated carbocycles. The molecule has 51 heavy (non-hydrogen) atoms. The van der Waals surface area contributed by atoms with Crippen molar-refractivity contribution < 1.29 is 38.7 Å². The van der Waals surface area contributed by atoms with Crippen molar-refractivity contribution in [1.82, 2.24) is 46.5 Å². The molecule has 0 saturated heterocycles. The first-order valence-corrected chi connectivity index (χ1v) is 17.0. The molecule has 2 heterocycles. The van der Waals surface area contributed by atoms with E-state index in [0.29, 0.717) is 17.8 Å². The van der Waals surface area contributed by atoms with Crippen LogP contribution in [0.3, 0.4) is 0 Å². The second-order valence-corrected chi connectivity index (χ2v) is 12.9. The van der Waals surface area contributed by atoms with Gasteiger partial charge in [0.1, 0.15) is 30.2 Å². The number of aliphatic carboxylic acids is 1. The first-order chi connectivity index (χ1) is 24.1. The Hall–Kier alpha value is -4.98. The third kappa shape index (κ3) is 14.0. The van der Waals surface area contributed by atoms with Crippen LogP contribution >= 0.6 is 12.6 Å². The largest absolute Gasteiger partial charge is 0.480 e. The van der Waals surface area contributed by atoms with Crippen LogP contribution in [0.15, 0.2) is 25.0 Å². The van der Waals surface area contributed by atoms with Crippen molar-refractivity contribution in [3.8, 4) is 0 Å². The van der Waals surface area contributed by atoms with Crippen molar-refractivity contribution >= 4 is 54.0 Å². The Labute approximate surface area is 300 Å². The van der Waals surface area contributed by atoms with Crippen molar-refractivity contribution in [2.75, 3.05) is 5.75 Å². The van der Waals surface area contributed by atoms with Gasteiger partial charge in [0.25, 0.3) is 0 Å². The Morgan fingerprint density at radius 1 is 0.765 bits per heavy atom. The maximum Gasteiger partial charge on any atom is 0.326 e. The number of rotatable bonds is 22. The van der Waals surface area contributed by atoms with Crippen LogP contribution in [-0.4, -0.2) is 108 Å². The summed E-state index contributed by atoms with van der Waals surface area (Å²) in [5.74, 6) is -6.89. The number of primary amides is 1. The summed E-state index contributed by atoms with van der Waals surface area (Å²) in [4.78, 5) is 104. The Morgan fingerprint density at radius 3 is 1.76 bits per heavy atom. The van der Waals surface area contributed by atoms with Crippen LogP contribution in [0.5, 0.6) is 0 Å². The quantitative estimate of drug-likeness (QED) is 0.0569. The predicted octanol–water partition coefficient (Wildman–Crippen LogP) is -2.35. The molecular formula is C31H49N11O8S. The normalized spacial score (nSPS) is 15.3. The number of H-pyrrole nitrogens is 2. The first-order valence-electron chi connectivity index (χ1n) is 16.4. The molecule has 2 rings (SSSR count). The van der Waals surface area contributed by atoms with Gasteiger partial charge in [0, 0.05) is 31.0 Å². The van der Waals surface area contributed by atoms with Crippen molar-refractivity contribution in [3.05, 3.63) is 36.4 Å². The third-order valence-electron chi connectivity index (χ3n) is 7.89. The fraction of sp³-hybridized carbons (Fsp3) is 0.581. The minimum absolute atomic E-state index is 0.0251. The highest BCUT2D eigenvalue weighted by molar-refractivity contribution is 7.80. The SMILES string of the molecule is CC[C@H](C)[C@H](NC(=O)[C@H](Cc1c[nH]cn1)NC(=O)[C@H](CC(N)=O)NC(=O)[C@@H](N)Cc1c[nH]cn1)C(=O)N[C@@H](CS)C(=O)N[C@@H](CC(C)C)C(=O)O. The molecule has 0 aliphatic heterocycles. The lowest BCUT2D eigenvalue weighted by Crippen LogP contribution is -2.61. The maximum absolute atomic E-state index is 13.8. The van der Waals surface area contributed by atoms with Gasteiger partial charge in [0.15, 0.2) is 0 Å². The van der Waals surface area contributed by atoms with E-state index in [1.165, 1.54) is 18.9 Å². The van der Waals surface area contributed by atoms with Gasteiger partial charge >= 0.3 is 5.97 Å². The molecule has 282 valence electrons. The van der Waals surface area contributed by atoms with Gasteiger partial charge in [-0.3, -0.25) is 28.8 Å². The van der Waals surface area contributed by atoms with E-state index in [2.05, 4.69) is 59.1 Å². The number of hydrogen-bond donors (Lipinski definition) is 11. The van der Waals surface area contributed by atoms with Crippen molar-refractivity contribution in [2.45, 2.75) is 96.1 Å². The van der Waals surface area contributed by atoms with Crippen LogP contribution in [0.4, 0.5) is 0 Å². The maximum atomic E-state index is 13.8. The van der Waals surface area contributed by atoms with Crippen LogP contribution in [0.1, 0.15) is 58.3 Å². The smallest absolute Gasteiger partial charge is 0.326 e. The van der Waals surface area contributed by atoms with Gasteiger partial charge in [-0.2, -0.15) is 12.6 Å². The highest BCUT2D eigenvalue weighted by Gasteiger charge is 2.35. The summed E-state index contributed by atoms with van der Waals surface area (Å²) in [6.45, 7) is 7.07. The number of amides is 6. The molecule has 0 spiro atoms. The van der Waals surface area contributed by atoms with Crippen LogP contribution in [0.25, 0.3) is 0 Å². The predicted molar refractivity (Wildman–Crippen MR) is 186 cm³/mol. The summed E-state index contributed by atoms with van der Waals surface area (Å²) in [7, 11) is 0. The van der Waals surface area contributed by atoms with Gasteiger partial charge in [-0.25, -0.2) is 14.8 Å². The number of carbonyl (C=O) groups is 7. The fourth-order valence-corrected chi connectivity index (χ4v) is 5.14. The first kappa shape index (κ1) is 42.2. The van der Waals surface area contributed by atoms with Gasteiger partial charge in [-0.15, -0.1) is 0 Å². The zero-order valence-electron chi connectivity index (χ0n) is 29.0. The molecule has 2 aromatic rings. The minimum Gasteiger partial charge on any atom is -0.480 e. The second kappa shape index (κ2) is 20.6. The van der Waals surface area contributed by atoms with Gasteiger partial charge < -0.3 is 53.1 Å². The summed E-state index contributed by atoms with van der Waals surface area (Å²) < 4.78 is 0. The molecule has 0 fully saturated rings. The highest BCUT2D eigenvalue weighted by Crippen LogP contribution is 2.11. The number of carboxylic acids is 1. The Bertz CT molecular complexity index is 1470. The van der Waals surface area contributed by atoms with Gasteiger partial charge in [-0.1, -0.05) is 34.1 Å². The van der Waals surface area contributed by atoms with E-state index in [4.69, 9.17) is 11.5 Å². The van der Waals surface area contributed by atoms with E-state index in [9.17, 15) is 38.7 Å². The summed E-state index contributed by atoms with van der Waals surface area (Å²) >= 11 is 4.16. The Morgan fingerprint density at radius 2 is 1.27 bits per heavy atom. The van der Waals surface area contributed by atoms with Crippen LogP contribution in [0, 0.1) is 11.8 Å². The molecule has 0 bridgehead atoms. The van der Waals surface area contributed by atoms with Gasteiger partial charge in [0.2, 0.25) is 35.4 Å². The van der Waals surface area contributed by atoms with E-state index in [0.717, 1.165) is 0 Å². The minimum atomic E-state index is -1.51. The monoisotopic (exact) mass is 735 g/mol. The van der Waals surface area contributed by atoms with E-state index in [-0.39, 0.29) is 30.9 Å². The number of aromatic nitrogens is 4. The lowest BCUT2D eigenvalue weighted by Gasteiger charge is -2.29. The lowest BCUT2D eigenvalue weighted by molar-refractivity contribution is -0.142. The molecule has 19 nitrogen and oxygen atoms in total. The molecular weight excluding hydrogens is 686 g/mol. The standard InChI is InChI=1S/C31H49N11O8S/c1-5-16(4)25(30(48)41-23(12-51)29(47)40-22(31(49)50)6-15(2)3)42-28(46)20(8-18-11-35-14-37-18)39-27(45)21(9-24(33)43)38-26(44)19(32)7-17-10-34-13-36-17/h10-11,13-16,19-23,25,51H,5-9,12,32H2,1-4H3,(H2,33,43)(H,34,36)(H,35,37)(H,38,44)(H,39,45)(H,40,47)(H,41,48)(H,42,46)(H,49,50)/t16-,19-,20-,21-,22-,23-,25-/m0/s1. The van der Waals surface area contributed by atoms with Crippen molar-refractivity contribution in [1.29, 1.82) is 0 Å².